The van der Waals surface area contributed by atoms with Crippen LogP contribution in [0.25, 0.3) is 0 Å². The monoisotopic (exact) mass is 340 g/mol. The van der Waals surface area contributed by atoms with E-state index in [9.17, 15) is 4.79 Å². The summed E-state index contributed by atoms with van der Waals surface area (Å²) in [5, 5.41) is 0.694. The van der Waals surface area contributed by atoms with Gasteiger partial charge in [0.15, 0.2) is 0 Å². The zero-order chi connectivity index (χ0) is 17.1. The lowest BCUT2D eigenvalue weighted by Gasteiger charge is -2.10. The van der Waals surface area contributed by atoms with Crippen molar-refractivity contribution in [3.05, 3.63) is 28.8 Å². The first-order valence-corrected chi connectivity index (χ1v) is 8.92. The average molecular weight is 341 g/mol. The lowest BCUT2D eigenvalue weighted by Crippen LogP contribution is -2.08. The molecule has 0 spiro atoms. The third kappa shape index (κ3) is 8.85. The van der Waals surface area contributed by atoms with Crippen molar-refractivity contribution in [2.75, 3.05) is 13.2 Å². The van der Waals surface area contributed by atoms with Crippen molar-refractivity contribution >= 4 is 17.6 Å². The van der Waals surface area contributed by atoms with Crippen molar-refractivity contribution in [1.29, 1.82) is 0 Å². The van der Waals surface area contributed by atoms with Crippen LogP contribution < -0.4 is 4.74 Å². The molecule has 0 saturated carbocycles. The maximum Gasteiger partial charge on any atom is 0.305 e. The maximum atomic E-state index is 11.6. The lowest BCUT2D eigenvalue weighted by atomic mass is 10.1. The molecule has 0 aromatic heterocycles. The van der Waals surface area contributed by atoms with Crippen molar-refractivity contribution < 1.29 is 14.3 Å². The minimum Gasteiger partial charge on any atom is -0.493 e. The molecule has 0 unspecified atom stereocenters. The van der Waals surface area contributed by atoms with Gasteiger partial charge in [0.1, 0.15) is 5.75 Å². The van der Waals surface area contributed by atoms with Crippen molar-refractivity contribution in [3.63, 3.8) is 0 Å². The molecule has 0 radical (unpaired) electrons. The van der Waals surface area contributed by atoms with Gasteiger partial charge in [-0.25, -0.2) is 0 Å². The van der Waals surface area contributed by atoms with E-state index in [1.54, 1.807) is 0 Å². The third-order valence-corrected chi connectivity index (χ3v) is 4.10. The van der Waals surface area contributed by atoms with Crippen LogP contribution in [0.5, 0.6) is 5.75 Å². The number of carbonyl (C=O) groups is 1. The van der Waals surface area contributed by atoms with E-state index in [4.69, 9.17) is 21.1 Å². The largest absolute Gasteiger partial charge is 0.493 e. The van der Waals surface area contributed by atoms with E-state index in [1.165, 1.54) is 12.8 Å². The van der Waals surface area contributed by atoms with Gasteiger partial charge in [0.05, 0.1) is 13.2 Å². The van der Waals surface area contributed by atoms with Crippen molar-refractivity contribution in [1.82, 2.24) is 0 Å². The molecule has 0 atom stereocenters. The van der Waals surface area contributed by atoms with Gasteiger partial charge in [0, 0.05) is 17.0 Å². The minimum atomic E-state index is -0.139. The number of rotatable bonds is 11. The van der Waals surface area contributed by atoms with E-state index in [0.29, 0.717) is 31.1 Å². The fourth-order valence-corrected chi connectivity index (χ4v) is 2.40. The van der Waals surface area contributed by atoms with E-state index in [2.05, 4.69) is 13.8 Å². The van der Waals surface area contributed by atoms with Crippen LogP contribution in [-0.4, -0.2) is 19.2 Å². The summed E-state index contributed by atoms with van der Waals surface area (Å²) in [4.78, 5) is 11.6. The van der Waals surface area contributed by atoms with Gasteiger partial charge in [-0.2, -0.15) is 0 Å². The summed E-state index contributed by atoms with van der Waals surface area (Å²) in [5.41, 5.74) is 0.929. The molecular formula is C19H29ClO3. The summed E-state index contributed by atoms with van der Waals surface area (Å²) in [6.07, 6.45) is 5.58. The van der Waals surface area contributed by atoms with Gasteiger partial charge in [-0.05, 0) is 37.8 Å². The number of carbonyl (C=O) groups excluding carboxylic acids is 1. The van der Waals surface area contributed by atoms with Gasteiger partial charge in [0.2, 0.25) is 0 Å². The molecule has 23 heavy (non-hydrogen) atoms. The van der Waals surface area contributed by atoms with Gasteiger partial charge in [-0.3, -0.25) is 4.79 Å². The van der Waals surface area contributed by atoms with Gasteiger partial charge in [-0.15, -0.1) is 0 Å². The Morgan fingerprint density at radius 3 is 2.65 bits per heavy atom. The fourth-order valence-electron chi connectivity index (χ4n) is 2.23. The molecule has 4 heteroatoms. The Hall–Kier alpha value is -1.22. The molecule has 0 heterocycles. The number of esters is 1. The summed E-state index contributed by atoms with van der Waals surface area (Å²) in [7, 11) is 0. The Balaban J connectivity index is 2.05. The molecule has 0 saturated heterocycles. The fraction of sp³-hybridized carbons (Fsp3) is 0.632. The zero-order valence-electron chi connectivity index (χ0n) is 14.6. The highest BCUT2D eigenvalue weighted by atomic mass is 35.5. The molecule has 0 amide bonds. The molecule has 1 rings (SSSR count). The SMILES string of the molecule is Cc1c(Cl)cccc1OCCCC(=O)OCCCCCC(C)C. The minimum absolute atomic E-state index is 0.139. The smallest absolute Gasteiger partial charge is 0.305 e. The molecule has 1 aromatic rings. The molecular weight excluding hydrogens is 312 g/mol. The first kappa shape index (κ1) is 19.8. The highest BCUT2D eigenvalue weighted by Gasteiger charge is 2.05. The zero-order valence-corrected chi connectivity index (χ0v) is 15.3. The predicted molar refractivity (Wildman–Crippen MR) is 95.2 cm³/mol. The standard InChI is InChI=1S/C19H29ClO3/c1-15(2)9-5-4-6-13-23-19(21)12-8-14-22-18-11-7-10-17(20)16(18)3/h7,10-11,15H,4-6,8-9,12-14H2,1-3H3. The number of hydrogen-bond acceptors (Lipinski definition) is 3. The first-order valence-electron chi connectivity index (χ1n) is 8.54. The summed E-state index contributed by atoms with van der Waals surface area (Å²) >= 11 is 6.03. The summed E-state index contributed by atoms with van der Waals surface area (Å²) in [6.45, 7) is 7.40. The van der Waals surface area contributed by atoms with E-state index in [0.717, 1.165) is 30.1 Å². The lowest BCUT2D eigenvalue weighted by molar-refractivity contribution is -0.144. The van der Waals surface area contributed by atoms with Crippen molar-refractivity contribution in [3.8, 4) is 5.75 Å². The Morgan fingerprint density at radius 1 is 1.13 bits per heavy atom. The Bertz CT molecular complexity index is 472. The molecule has 130 valence electrons. The summed E-state index contributed by atoms with van der Waals surface area (Å²) < 4.78 is 10.9. The van der Waals surface area contributed by atoms with Gasteiger partial charge < -0.3 is 9.47 Å². The Kier molecular flexibility index (Phi) is 9.77. The van der Waals surface area contributed by atoms with E-state index in [-0.39, 0.29) is 5.97 Å². The van der Waals surface area contributed by atoms with Crippen LogP contribution >= 0.6 is 11.6 Å². The van der Waals surface area contributed by atoms with Crippen LogP contribution in [0.15, 0.2) is 18.2 Å². The van der Waals surface area contributed by atoms with Crippen LogP contribution in [0.2, 0.25) is 5.02 Å². The molecule has 0 aliphatic carbocycles. The van der Waals surface area contributed by atoms with Crippen molar-refractivity contribution in [2.45, 2.75) is 59.3 Å². The molecule has 0 bridgehead atoms. The average Bonchev–Trinajstić information content (AvgIpc) is 2.51. The number of unbranched alkanes of at least 4 members (excludes halogenated alkanes) is 2. The first-order chi connectivity index (χ1) is 11.0. The van der Waals surface area contributed by atoms with E-state index >= 15 is 0 Å². The highest BCUT2D eigenvalue weighted by molar-refractivity contribution is 6.31. The van der Waals surface area contributed by atoms with Gasteiger partial charge in [-0.1, -0.05) is 50.8 Å². The van der Waals surface area contributed by atoms with Gasteiger partial charge >= 0.3 is 5.97 Å². The third-order valence-electron chi connectivity index (χ3n) is 3.69. The topological polar surface area (TPSA) is 35.5 Å². The van der Waals surface area contributed by atoms with Crippen LogP contribution in [0.3, 0.4) is 0 Å². The van der Waals surface area contributed by atoms with E-state index in [1.807, 2.05) is 25.1 Å². The predicted octanol–water partition coefficient (Wildman–Crippen LogP) is 5.57. The number of ether oxygens (including phenoxy) is 2. The second-order valence-electron chi connectivity index (χ2n) is 6.28. The summed E-state index contributed by atoms with van der Waals surface area (Å²) in [6, 6.07) is 5.58. The normalized spacial score (nSPS) is 10.8. The Labute approximate surface area is 145 Å². The molecule has 0 fully saturated rings. The van der Waals surface area contributed by atoms with Gasteiger partial charge in [0.25, 0.3) is 0 Å². The number of halogens is 1. The number of benzene rings is 1. The summed E-state index contributed by atoms with van der Waals surface area (Å²) in [5.74, 6) is 1.39. The van der Waals surface area contributed by atoms with Crippen LogP contribution in [-0.2, 0) is 9.53 Å². The Morgan fingerprint density at radius 2 is 1.91 bits per heavy atom. The van der Waals surface area contributed by atoms with Crippen LogP contribution in [0.4, 0.5) is 0 Å². The van der Waals surface area contributed by atoms with E-state index < -0.39 is 0 Å². The number of hydrogen-bond donors (Lipinski definition) is 0. The molecule has 0 aliphatic heterocycles. The van der Waals surface area contributed by atoms with Crippen LogP contribution in [0, 0.1) is 12.8 Å². The maximum absolute atomic E-state index is 11.6. The second-order valence-corrected chi connectivity index (χ2v) is 6.69. The molecule has 3 nitrogen and oxygen atoms in total. The highest BCUT2D eigenvalue weighted by Crippen LogP contribution is 2.25. The molecule has 0 N–H and O–H groups in total. The second kappa shape index (κ2) is 11.3. The quantitative estimate of drug-likeness (QED) is 0.390. The molecule has 0 aliphatic rings. The van der Waals surface area contributed by atoms with Crippen molar-refractivity contribution in [2.24, 2.45) is 5.92 Å². The molecule has 1 aromatic carbocycles. The van der Waals surface area contributed by atoms with Crippen LogP contribution in [0.1, 0.15) is 57.9 Å².